The van der Waals surface area contributed by atoms with Crippen molar-refractivity contribution in [3.05, 3.63) is 70.3 Å². The molecule has 0 bridgehead atoms. The van der Waals surface area contributed by atoms with E-state index in [1.165, 1.54) is 0 Å². The van der Waals surface area contributed by atoms with Gasteiger partial charge in [0.15, 0.2) is 46.7 Å². The summed E-state index contributed by atoms with van der Waals surface area (Å²) in [6.07, 6.45) is -6.10. The molecule has 0 aromatic heterocycles. The van der Waals surface area contributed by atoms with Crippen molar-refractivity contribution in [1.82, 2.24) is 0 Å². The number of phenols is 10. The Kier molecular flexibility index (Phi) is 6.48. The van der Waals surface area contributed by atoms with Crippen LogP contribution in [-0.2, 0) is 6.42 Å². The normalized spacial score (nSPS) is 22.4. The van der Waals surface area contributed by atoms with E-state index in [0.29, 0.717) is 0 Å². The number of phenolic OH excluding ortho intramolecular Hbond substituents is 10. The predicted octanol–water partition coefficient (Wildman–Crippen LogP) is 2.41. The highest BCUT2D eigenvalue weighted by atomic mass is 16.5. The van der Waals surface area contributed by atoms with E-state index in [4.69, 9.17) is 9.47 Å². The van der Waals surface area contributed by atoms with Gasteiger partial charge in [0, 0.05) is 52.4 Å². The second-order valence-electron chi connectivity index (χ2n) is 10.6. The van der Waals surface area contributed by atoms with E-state index in [9.17, 15) is 61.3 Å². The van der Waals surface area contributed by atoms with Gasteiger partial charge in [-0.05, 0) is 24.3 Å². The first-order valence-corrected chi connectivity index (χ1v) is 13.1. The summed E-state index contributed by atoms with van der Waals surface area (Å²) in [5, 5.41) is 126. The Morgan fingerprint density at radius 3 is 1.57 bits per heavy atom. The highest BCUT2D eigenvalue weighted by molar-refractivity contribution is 5.66. The van der Waals surface area contributed by atoms with Gasteiger partial charge in [0.2, 0.25) is 0 Å². The van der Waals surface area contributed by atoms with Gasteiger partial charge in [-0.2, -0.15) is 0 Å². The molecule has 44 heavy (non-hydrogen) atoms. The van der Waals surface area contributed by atoms with Crippen LogP contribution >= 0.6 is 0 Å². The van der Waals surface area contributed by atoms with Crippen LogP contribution in [0.1, 0.15) is 45.9 Å². The zero-order chi connectivity index (χ0) is 31.8. The van der Waals surface area contributed by atoms with E-state index in [2.05, 4.69) is 0 Å². The third-order valence-electron chi connectivity index (χ3n) is 7.87. The number of aromatic hydroxyl groups is 10. The summed E-state index contributed by atoms with van der Waals surface area (Å²) >= 11 is 0. The highest BCUT2D eigenvalue weighted by Gasteiger charge is 2.45. The lowest BCUT2D eigenvalue weighted by Crippen LogP contribution is -2.35. The van der Waals surface area contributed by atoms with Crippen LogP contribution in [0.25, 0.3) is 0 Å². The molecule has 6 rings (SSSR count). The number of hydrogen-bond donors (Lipinski definition) is 12. The van der Waals surface area contributed by atoms with E-state index in [-0.39, 0.29) is 45.7 Å². The Morgan fingerprint density at radius 2 is 1.00 bits per heavy atom. The largest absolute Gasteiger partial charge is 0.508 e. The van der Waals surface area contributed by atoms with E-state index in [1.807, 2.05) is 0 Å². The third-order valence-corrected chi connectivity index (χ3v) is 7.87. The van der Waals surface area contributed by atoms with Crippen LogP contribution in [0.2, 0.25) is 0 Å². The summed E-state index contributed by atoms with van der Waals surface area (Å²) in [6.45, 7) is 0. The molecular weight excluding hydrogens is 584 g/mol. The van der Waals surface area contributed by atoms with Crippen LogP contribution in [0.4, 0.5) is 0 Å². The van der Waals surface area contributed by atoms with Gasteiger partial charge in [-0.3, -0.25) is 0 Å². The fourth-order valence-electron chi connectivity index (χ4n) is 5.84. The standard InChI is InChI=1S/C30H26O14/c31-11-5-13(32)22-21(6-11)44-30(10-3-17(36)27(41)18(37)4-10)28(42)24(22)23-14(33)8-20-12(25(23)39)7-19(38)29(43-20)9-1-15(34)26(40)16(35)2-9/h1-6,8,19,24,28-42H,7H2/t19-,24+,28-,29+,30+/m0/s1. The molecule has 4 aromatic rings. The fourth-order valence-corrected chi connectivity index (χ4v) is 5.84. The van der Waals surface area contributed by atoms with Gasteiger partial charge in [-0.25, -0.2) is 0 Å². The minimum atomic E-state index is -1.75. The molecule has 0 aliphatic carbocycles. The quantitative estimate of drug-likeness (QED) is 0.149. The summed E-state index contributed by atoms with van der Waals surface area (Å²) < 4.78 is 11.7. The molecular formula is C30H26O14. The monoisotopic (exact) mass is 610 g/mol. The molecule has 0 amide bonds. The molecule has 5 atom stereocenters. The average molecular weight is 611 g/mol. The Hall–Kier alpha value is -5.60. The van der Waals surface area contributed by atoms with Crippen LogP contribution in [0.15, 0.2) is 42.5 Å². The van der Waals surface area contributed by atoms with Crippen molar-refractivity contribution in [3.8, 4) is 69.0 Å². The number of rotatable bonds is 3. The van der Waals surface area contributed by atoms with Crippen molar-refractivity contribution in [2.75, 3.05) is 0 Å². The van der Waals surface area contributed by atoms with Gasteiger partial charge in [-0.1, -0.05) is 0 Å². The van der Waals surface area contributed by atoms with Gasteiger partial charge in [0.1, 0.15) is 40.6 Å². The third kappa shape index (κ3) is 4.35. The first-order chi connectivity index (χ1) is 20.8. The molecule has 0 radical (unpaired) electrons. The molecule has 2 aliphatic heterocycles. The topological polar surface area (TPSA) is 261 Å². The van der Waals surface area contributed by atoms with E-state index < -0.39 is 87.8 Å². The second kappa shape index (κ2) is 10.00. The smallest absolute Gasteiger partial charge is 0.200 e. The van der Waals surface area contributed by atoms with Crippen molar-refractivity contribution in [3.63, 3.8) is 0 Å². The Bertz CT molecular complexity index is 1770. The zero-order valence-electron chi connectivity index (χ0n) is 22.3. The van der Waals surface area contributed by atoms with Crippen LogP contribution in [0.5, 0.6) is 69.0 Å². The van der Waals surface area contributed by atoms with Crippen LogP contribution < -0.4 is 9.47 Å². The number of ether oxygens (including phenoxy) is 2. The average Bonchev–Trinajstić information content (AvgIpc) is 2.95. The molecule has 2 aliphatic rings. The molecule has 0 spiro atoms. The lowest BCUT2D eigenvalue weighted by atomic mass is 9.77. The van der Waals surface area contributed by atoms with E-state index >= 15 is 0 Å². The molecule has 12 N–H and O–H groups in total. The van der Waals surface area contributed by atoms with Gasteiger partial charge in [-0.15, -0.1) is 0 Å². The Labute approximate surface area is 247 Å². The van der Waals surface area contributed by atoms with Crippen LogP contribution in [0, 0.1) is 0 Å². The van der Waals surface area contributed by atoms with Gasteiger partial charge < -0.3 is 70.8 Å². The van der Waals surface area contributed by atoms with Gasteiger partial charge >= 0.3 is 0 Å². The van der Waals surface area contributed by atoms with Crippen molar-refractivity contribution in [2.45, 2.75) is 36.8 Å². The molecule has 14 heteroatoms. The number of aliphatic hydroxyl groups excluding tert-OH is 2. The molecule has 0 fully saturated rings. The minimum absolute atomic E-state index is 0.0104. The fraction of sp³-hybridized carbons (Fsp3) is 0.200. The number of aliphatic hydroxyl groups is 2. The maximum absolute atomic E-state index is 11.6. The summed E-state index contributed by atoms with van der Waals surface area (Å²) in [5.41, 5.74) is -0.463. The molecule has 4 aromatic carbocycles. The first-order valence-electron chi connectivity index (χ1n) is 13.1. The van der Waals surface area contributed by atoms with Crippen LogP contribution in [-0.4, -0.2) is 73.5 Å². The van der Waals surface area contributed by atoms with Crippen molar-refractivity contribution in [2.24, 2.45) is 0 Å². The summed E-state index contributed by atoms with van der Waals surface area (Å²) in [5.74, 6) is -8.47. The van der Waals surface area contributed by atoms with Crippen molar-refractivity contribution in [1.29, 1.82) is 0 Å². The number of benzene rings is 4. The number of hydrogen-bond acceptors (Lipinski definition) is 14. The second-order valence-corrected chi connectivity index (χ2v) is 10.6. The molecule has 230 valence electrons. The lowest BCUT2D eigenvalue weighted by molar-refractivity contribution is 0.00563. The maximum Gasteiger partial charge on any atom is 0.200 e. The molecule has 0 unspecified atom stereocenters. The maximum atomic E-state index is 11.6. The van der Waals surface area contributed by atoms with E-state index in [1.54, 1.807) is 0 Å². The SMILES string of the molecule is Oc1cc(O)c2c(c1)O[C@H](c1cc(O)c(O)c(O)c1)[C@@H](O)[C@H]2c1c(O)cc2c(c1O)C[C@H](O)[C@@H](c1cc(O)c(O)c(O)c1)O2. The van der Waals surface area contributed by atoms with E-state index in [0.717, 1.165) is 42.5 Å². The lowest BCUT2D eigenvalue weighted by Gasteiger charge is -2.39. The zero-order valence-corrected chi connectivity index (χ0v) is 22.3. The molecule has 0 saturated heterocycles. The van der Waals surface area contributed by atoms with Crippen molar-refractivity contribution < 1.29 is 70.8 Å². The van der Waals surface area contributed by atoms with Gasteiger partial charge in [0.25, 0.3) is 0 Å². The Balaban J connectivity index is 1.48. The summed E-state index contributed by atoms with van der Waals surface area (Å²) in [7, 11) is 0. The predicted molar refractivity (Wildman–Crippen MR) is 147 cm³/mol. The highest BCUT2D eigenvalue weighted by Crippen LogP contribution is 2.57. The first kappa shape index (κ1) is 28.5. The van der Waals surface area contributed by atoms with Crippen molar-refractivity contribution >= 4 is 0 Å². The molecule has 0 saturated carbocycles. The summed E-state index contributed by atoms with van der Waals surface area (Å²) in [4.78, 5) is 0. The summed E-state index contributed by atoms with van der Waals surface area (Å²) in [6, 6.07) is 7.28. The number of fused-ring (bicyclic) bond motifs is 2. The van der Waals surface area contributed by atoms with Crippen LogP contribution in [0.3, 0.4) is 0 Å². The minimum Gasteiger partial charge on any atom is -0.508 e. The Morgan fingerprint density at radius 1 is 0.500 bits per heavy atom. The molecule has 2 heterocycles. The van der Waals surface area contributed by atoms with Gasteiger partial charge in [0.05, 0.1) is 12.0 Å². The molecule has 14 nitrogen and oxygen atoms in total.